The fourth-order valence-corrected chi connectivity index (χ4v) is 1.52. The van der Waals surface area contributed by atoms with E-state index in [-0.39, 0.29) is 5.82 Å². The Morgan fingerprint density at radius 1 is 1.33 bits per heavy atom. The summed E-state index contributed by atoms with van der Waals surface area (Å²) in [6.07, 6.45) is 3.78. The summed E-state index contributed by atoms with van der Waals surface area (Å²) in [6, 6.07) is 4.79. The van der Waals surface area contributed by atoms with E-state index in [1.165, 1.54) is 12.1 Å². The van der Waals surface area contributed by atoms with Crippen LogP contribution in [0.3, 0.4) is 0 Å². The molecule has 1 rings (SSSR count). The Labute approximate surface area is 87.7 Å². The molecular formula is C9H7Br2F. The number of benzene rings is 1. The molecule has 0 saturated heterocycles. The second-order valence-electron chi connectivity index (χ2n) is 2.26. The third kappa shape index (κ3) is 3.07. The molecule has 0 aliphatic carbocycles. The minimum Gasteiger partial charge on any atom is -0.207 e. The molecule has 0 fully saturated rings. The lowest BCUT2D eigenvalue weighted by molar-refractivity contribution is 0.626. The highest BCUT2D eigenvalue weighted by Crippen LogP contribution is 2.15. The van der Waals surface area contributed by atoms with Gasteiger partial charge in [0.15, 0.2) is 0 Å². The monoisotopic (exact) mass is 292 g/mol. The first-order valence-electron chi connectivity index (χ1n) is 3.41. The quantitative estimate of drug-likeness (QED) is 0.723. The summed E-state index contributed by atoms with van der Waals surface area (Å²) in [6.45, 7) is 0. The Balaban J connectivity index is 2.93. The molecule has 0 saturated carbocycles. The fourth-order valence-electron chi connectivity index (χ4n) is 0.852. The van der Waals surface area contributed by atoms with E-state index < -0.39 is 0 Å². The molecule has 1 aromatic rings. The molecule has 0 radical (unpaired) electrons. The lowest BCUT2D eigenvalue weighted by atomic mass is 10.2. The standard InChI is InChI=1S/C9H7Br2F/c10-3-1-2-7-4-8(11)6-9(12)5-7/h1-2,4-6H,3H2/b2-1+. The molecule has 64 valence electrons. The van der Waals surface area contributed by atoms with E-state index in [9.17, 15) is 4.39 Å². The molecule has 0 amide bonds. The molecule has 3 heteroatoms. The van der Waals surface area contributed by atoms with E-state index in [1.54, 1.807) is 0 Å². The molecule has 0 atom stereocenters. The minimum atomic E-state index is -0.224. The first-order chi connectivity index (χ1) is 5.72. The summed E-state index contributed by atoms with van der Waals surface area (Å²) in [7, 11) is 0. The van der Waals surface area contributed by atoms with Gasteiger partial charge in [-0.15, -0.1) is 0 Å². The Bertz CT molecular complexity index is 274. The van der Waals surface area contributed by atoms with Crippen molar-refractivity contribution in [3.8, 4) is 0 Å². The summed E-state index contributed by atoms with van der Waals surface area (Å²) in [5, 5.41) is 0.779. The normalized spacial score (nSPS) is 10.9. The van der Waals surface area contributed by atoms with E-state index in [4.69, 9.17) is 0 Å². The predicted molar refractivity (Wildman–Crippen MR) is 56.9 cm³/mol. The first-order valence-corrected chi connectivity index (χ1v) is 5.32. The highest BCUT2D eigenvalue weighted by atomic mass is 79.9. The van der Waals surface area contributed by atoms with Gasteiger partial charge in [0, 0.05) is 9.80 Å². The SMILES string of the molecule is Fc1cc(Br)cc(/C=C/CBr)c1. The zero-order valence-electron chi connectivity index (χ0n) is 6.23. The number of halogens is 3. The van der Waals surface area contributed by atoms with Crippen LogP contribution in [-0.4, -0.2) is 5.33 Å². The highest BCUT2D eigenvalue weighted by Gasteiger charge is 1.94. The topological polar surface area (TPSA) is 0 Å². The van der Waals surface area contributed by atoms with Crippen LogP contribution >= 0.6 is 31.9 Å². The van der Waals surface area contributed by atoms with Crippen LogP contribution in [0.1, 0.15) is 5.56 Å². The van der Waals surface area contributed by atoms with Gasteiger partial charge in [-0.1, -0.05) is 44.0 Å². The second kappa shape index (κ2) is 4.77. The molecule has 12 heavy (non-hydrogen) atoms. The van der Waals surface area contributed by atoms with Crippen molar-refractivity contribution in [3.63, 3.8) is 0 Å². The Hall–Kier alpha value is -0.150. The molecule has 0 unspecified atom stereocenters. The number of allylic oxidation sites excluding steroid dienone is 1. The van der Waals surface area contributed by atoms with E-state index in [0.29, 0.717) is 0 Å². The Morgan fingerprint density at radius 2 is 2.08 bits per heavy atom. The third-order valence-corrected chi connectivity index (χ3v) is 2.12. The molecule has 0 aromatic heterocycles. The van der Waals surface area contributed by atoms with Crippen LogP contribution in [0.2, 0.25) is 0 Å². The van der Waals surface area contributed by atoms with Crippen molar-refractivity contribution in [2.24, 2.45) is 0 Å². The summed E-state index contributed by atoms with van der Waals surface area (Å²) >= 11 is 6.47. The zero-order valence-corrected chi connectivity index (χ0v) is 9.40. The molecular weight excluding hydrogens is 287 g/mol. The van der Waals surface area contributed by atoms with Gasteiger partial charge < -0.3 is 0 Å². The van der Waals surface area contributed by atoms with Gasteiger partial charge in [-0.05, 0) is 23.8 Å². The van der Waals surface area contributed by atoms with Crippen LogP contribution in [0, 0.1) is 5.82 Å². The lowest BCUT2D eigenvalue weighted by Crippen LogP contribution is -1.77. The van der Waals surface area contributed by atoms with Crippen molar-refractivity contribution < 1.29 is 4.39 Å². The van der Waals surface area contributed by atoms with Gasteiger partial charge >= 0.3 is 0 Å². The smallest absolute Gasteiger partial charge is 0.124 e. The van der Waals surface area contributed by atoms with Crippen LogP contribution in [0.5, 0.6) is 0 Å². The van der Waals surface area contributed by atoms with Gasteiger partial charge in [-0.2, -0.15) is 0 Å². The number of rotatable bonds is 2. The highest BCUT2D eigenvalue weighted by molar-refractivity contribution is 9.10. The van der Waals surface area contributed by atoms with Crippen molar-refractivity contribution in [3.05, 3.63) is 40.1 Å². The van der Waals surface area contributed by atoms with Crippen molar-refractivity contribution >= 4 is 37.9 Å². The van der Waals surface area contributed by atoms with E-state index in [1.807, 2.05) is 18.2 Å². The molecule has 0 N–H and O–H groups in total. The average Bonchev–Trinajstić information content (AvgIpc) is 1.99. The van der Waals surface area contributed by atoms with E-state index in [2.05, 4.69) is 31.9 Å². The van der Waals surface area contributed by atoms with Crippen molar-refractivity contribution in [1.29, 1.82) is 0 Å². The molecule has 0 heterocycles. The fraction of sp³-hybridized carbons (Fsp3) is 0.111. The van der Waals surface area contributed by atoms with Crippen molar-refractivity contribution in [2.75, 3.05) is 5.33 Å². The Kier molecular flexibility index (Phi) is 3.95. The minimum absolute atomic E-state index is 0.224. The van der Waals surface area contributed by atoms with Gasteiger partial charge in [0.05, 0.1) is 0 Å². The maximum absolute atomic E-state index is 12.8. The average molecular weight is 294 g/mol. The van der Waals surface area contributed by atoms with Gasteiger partial charge in [-0.3, -0.25) is 0 Å². The molecule has 1 aromatic carbocycles. The number of alkyl halides is 1. The molecule has 0 spiro atoms. The maximum Gasteiger partial charge on any atom is 0.124 e. The summed E-state index contributed by atoms with van der Waals surface area (Å²) in [4.78, 5) is 0. The summed E-state index contributed by atoms with van der Waals surface area (Å²) in [5.41, 5.74) is 0.862. The van der Waals surface area contributed by atoms with Crippen molar-refractivity contribution in [1.82, 2.24) is 0 Å². The molecule has 0 bridgehead atoms. The van der Waals surface area contributed by atoms with Crippen LogP contribution in [0.15, 0.2) is 28.7 Å². The van der Waals surface area contributed by atoms with Crippen LogP contribution in [0.25, 0.3) is 6.08 Å². The maximum atomic E-state index is 12.8. The molecule has 0 nitrogen and oxygen atoms in total. The van der Waals surface area contributed by atoms with Gasteiger partial charge in [0.1, 0.15) is 5.82 Å². The van der Waals surface area contributed by atoms with Gasteiger partial charge in [-0.25, -0.2) is 4.39 Å². The van der Waals surface area contributed by atoms with Crippen molar-refractivity contribution in [2.45, 2.75) is 0 Å². The van der Waals surface area contributed by atoms with Gasteiger partial charge in [0.2, 0.25) is 0 Å². The van der Waals surface area contributed by atoms with E-state index in [0.717, 1.165) is 15.4 Å². The third-order valence-electron chi connectivity index (χ3n) is 1.28. The second-order valence-corrected chi connectivity index (χ2v) is 3.82. The van der Waals surface area contributed by atoms with Crippen LogP contribution < -0.4 is 0 Å². The number of hydrogen-bond donors (Lipinski definition) is 0. The van der Waals surface area contributed by atoms with Crippen LogP contribution in [0.4, 0.5) is 4.39 Å². The zero-order chi connectivity index (χ0) is 8.97. The predicted octanol–water partition coefficient (Wildman–Crippen LogP) is 4.00. The first kappa shape index (κ1) is 9.93. The summed E-state index contributed by atoms with van der Waals surface area (Å²) in [5.74, 6) is -0.224. The molecule has 0 aliphatic heterocycles. The molecule has 0 aliphatic rings. The van der Waals surface area contributed by atoms with E-state index >= 15 is 0 Å². The Morgan fingerprint density at radius 3 is 2.67 bits per heavy atom. The largest absolute Gasteiger partial charge is 0.207 e. The summed E-state index contributed by atoms with van der Waals surface area (Å²) < 4.78 is 13.5. The lowest BCUT2D eigenvalue weighted by Gasteiger charge is -1.95. The van der Waals surface area contributed by atoms with Crippen LogP contribution in [-0.2, 0) is 0 Å². The number of hydrogen-bond acceptors (Lipinski definition) is 0. The van der Waals surface area contributed by atoms with Gasteiger partial charge in [0.25, 0.3) is 0 Å².